The van der Waals surface area contributed by atoms with Crippen molar-refractivity contribution in [2.24, 2.45) is 5.92 Å². The molecule has 0 spiro atoms. The van der Waals surface area contributed by atoms with Crippen molar-refractivity contribution < 1.29 is 9.59 Å². The van der Waals surface area contributed by atoms with Crippen LogP contribution in [0.5, 0.6) is 0 Å². The number of hydrogen-bond acceptors (Lipinski definition) is 3. The summed E-state index contributed by atoms with van der Waals surface area (Å²) in [4.78, 5) is 29.1. The zero-order valence-corrected chi connectivity index (χ0v) is 16.0. The molecule has 0 aliphatic carbocycles. The van der Waals surface area contributed by atoms with Gasteiger partial charge in [-0.15, -0.1) is 12.4 Å². The Balaban J connectivity index is 0.00000225. The quantitative estimate of drug-likeness (QED) is 0.837. The smallest absolute Gasteiger partial charge is 0.239 e. The normalized spacial score (nSPS) is 23.8. The molecule has 138 valence electrons. The molecule has 5 nitrogen and oxygen atoms in total. The monoisotopic (exact) mass is 365 g/mol. The van der Waals surface area contributed by atoms with Crippen LogP contribution in [0.15, 0.2) is 24.3 Å². The second kappa shape index (κ2) is 8.19. The fraction of sp³-hybridized carbons (Fsp3) is 0.579. The SMILES string of the molecule is CC1CN(C(=O)C2CCN(c3ccc(C(C)C)cc3)C2=O)CCN1.Cl. The molecule has 0 aromatic heterocycles. The summed E-state index contributed by atoms with van der Waals surface area (Å²) < 4.78 is 0. The number of hydrogen-bond donors (Lipinski definition) is 1. The summed E-state index contributed by atoms with van der Waals surface area (Å²) in [5, 5.41) is 3.33. The Bertz CT molecular complexity index is 618. The number of halogens is 1. The molecule has 2 atom stereocenters. The van der Waals surface area contributed by atoms with Crippen LogP contribution in [0, 0.1) is 5.92 Å². The number of piperazine rings is 1. The van der Waals surface area contributed by atoms with Crippen LogP contribution in [0.2, 0.25) is 0 Å². The highest BCUT2D eigenvalue weighted by molar-refractivity contribution is 6.09. The molecule has 0 bridgehead atoms. The van der Waals surface area contributed by atoms with Gasteiger partial charge in [0.1, 0.15) is 5.92 Å². The summed E-state index contributed by atoms with van der Waals surface area (Å²) in [6, 6.07) is 8.42. The van der Waals surface area contributed by atoms with E-state index in [0.717, 1.165) is 12.2 Å². The third-order valence-electron chi connectivity index (χ3n) is 5.06. The average Bonchev–Trinajstić information content (AvgIpc) is 2.96. The predicted octanol–water partition coefficient (Wildman–Crippen LogP) is 2.41. The van der Waals surface area contributed by atoms with Crippen LogP contribution >= 0.6 is 12.4 Å². The van der Waals surface area contributed by atoms with Gasteiger partial charge in [-0.3, -0.25) is 9.59 Å². The van der Waals surface area contributed by atoms with Crippen LogP contribution in [0.3, 0.4) is 0 Å². The number of carbonyl (C=O) groups excluding carboxylic acids is 2. The maximum absolute atomic E-state index is 12.8. The first-order valence-electron chi connectivity index (χ1n) is 8.91. The summed E-state index contributed by atoms with van der Waals surface area (Å²) in [7, 11) is 0. The van der Waals surface area contributed by atoms with Crippen molar-refractivity contribution in [1.82, 2.24) is 10.2 Å². The van der Waals surface area contributed by atoms with Gasteiger partial charge in [0.2, 0.25) is 11.8 Å². The average molecular weight is 366 g/mol. The van der Waals surface area contributed by atoms with Crippen molar-refractivity contribution in [3.63, 3.8) is 0 Å². The molecule has 2 aliphatic rings. The predicted molar refractivity (Wildman–Crippen MR) is 102 cm³/mol. The number of benzene rings is 1. The molecule has 6 heteroatoms. The van der Waals surface area contributed by atoms with E-state index >= 15 is 0 Å². The fourth-order valence-corrected chi connectivity index (χ4v) is 3.56. The first-order chi connectivity index (χ1) is 11.5. The lowest BCUT2D eigenvalue weighted by Gasteiger charge is -2.33. The molecule has 2 amide bonds. The highest BCUT2D eigenvalue weighted by Crippen LogP contribution is 2.28. The molecule has 2 saturated heterocycles. The second-order valence-electron chi connectivity index (χ2n) is 7.22. The van der Waals surface area contributed by atoms with E-state index in [1.807, 2.05) is 17.0 Å². The Kier molecular flexibility index (Phi) is 6.47. The Morgan fingerprint density at radius 2 is 1.88 bits per heavy atom. The number of carbonyl (C=O) groups is 2. The topological polar surface area (TPSA) is 52.7 Å². The van der Waals surface area contributed by atoms with Crippen molar-refractivity contribution in [2.75, 3.05) is 31.1 Å². The highest BCUT2D eigenvalue weighted by Gasteiger charge is 2.40. The molecule has 2 unspecified atom stereocenters. The zero-order chi connectivity index (χ0) is 17.3. The van der Waals surface area contributed by atoms with Gasteiger partial charge in [0.05, 0.1) is 0 Å². The number of nitrogens with one attached hydrogen (secondary N) is 1. The lowest BCUT2D eigenvalue weighted by atomic mass is 10.0. The van der Waals surface area contributed by atoms with E-state index in [-0.39, 0.29) is 24.2 Å². The van der Waals surface area contributed by atoms with Crippen LogP contribution in [0.25, 0.3) is 0 Å². The number of rotatable bonds is 3. The standard InChI is InChI=1S/C19H27N3O2.ClH/c1-13(2)15-4-6-16(7-5-15)22-10-8-17(19(22)24)18(23)21-11-9-20-14(3)12-21;/h4-7,13-14,17,20H,8-12H2,1-3H3;1H. The largest absolute Gasteiger partial charge is 0.339 e. The van der Waals surface area contributed by atoms with E-state index in [2.05, 4.69) is 38.2 Å². The maximum atomic E-state index is 12.8. The molecule has 2 aliphatic heterocycles. The summed E-state index contributed by atoms with van der Waals surface area (Å²) >= 11 is 0. The molecule has 2 fully saturated rings. The number of amides is 2. The lowest BCUT2D eigenvalue weighted by molar-refractivity contribution is -0.140. The van der Waals surface area contributed by atoms with E-state index in [0.29, 0.717) is 38.0 Å². The highest BCUT2D eigenvalue weighted by atomic mass is 35.5. The molecule has 1 aromatic rings. The summed E-state index contributed by atoms with van der Waals surface area (Å²) in [5.41, 5.74) is 2.15. The Morgan fingerprint density at radius 1 is 1.20 bits per heavy atom. The molecule has 3 rings (SSSR count). The molecular formula is C19H28ClN3O2. The molecule has 1 aromatic carbocycles. The molecule has 1 N–H and O–H groups in total. The van der Waals surface area contributed by atoms with Crippen LogP contribution in [0.4, 0.5) is 5.69 Å². The van der Waals surface area contributed by atoms with Gasteiger partial charge in [-0.2, -0.15) is 0 Å². The number of anilines is 1. The molecule has 0 saturated carbocycles. The van der Waals surface area contributed by atoms with Gasteiger partial charge in [-0.25, -0.2) is 0 Å². The van der Waals surface area contributed by atoms with Crippen LogP contribution in [-0.2, 0) is 9.59 Å². The van der Waals surface area contributed by atoms with E-state index in [9.17, 15) is 9.59 Å². The minimum Gasteiger partial charge on any atom is -0.339 e. The van der Waals surface area contributed by atoms with Crippen LogP contribution in [-0.4, -0.2) is 48.9 Å². The lowest BCUT2D eigenvalue weighted by Crippen LogP contribution is -2.53. The number of nitrogens with zero attached hydrogens (tertiary/aromatic N) is 2. The van der Waals surface area contributed by atoms with Gasteiger partial charge in [0.25, 0.3) is 0 Å². The molecule has 2 heterocycles. The zero-order valence-electron chi connectivity index (χ0n) is 15.2. The van der Waals surface area contributed by atoms with E-state index in [1.165, 1.54) is 5.56 Å². The summed E-state index contributed by atoms with van der Waals surface area (Å²) in [6.07, 6.45) is 0.613. The van der Waals surface area contributed by atoms with Gasteiger partial charge < -0.3 is 15.1 Å². The van der Waals surface area contributed by atoms with Crippen molar-refractivity contribution >= 4 is 29.9 Å². The van der Waals surface area contributed by atoms with E-state index < -0.39 is 5.92 Å². The molecule has 25 heavy (non-hydrogen) atoms. The molecule has 0 radical (unpaired) electrons. The van der Waals surface area contributed by atoms with E-state index in [4.69, 9.17) is 0 Å². The summed E-state index contributed by atoms with van der Waals surface area (Å²) in [6.45, 7) is 9.17. The van der Waals surface area contributed by atoms with Gasteiger partial charge >= 0.3 is 0 Å². The van der Waals surface area contributed by atoms with E-state index in [1.54, 1.807) is 4.90 Å². The van der Waals surface area contributed by atoms with Crippen LogP contribution in [0.1, 0.15) is 38.7 Å². The van der Waals surface area contributed by atoms with Gasteiger partial charge in [-0.1, -0.05) is 26.0 Å². The fourth-order valence-electron chi connectivity index (χ4n) is 3.56. The second-order valence-corrected chi connectivity index (χ2v) is 7.22. The summed E-state index contributed by atoms with van der Waals surface area (Å²) in [5.74, 6) is -0.101. The first-order valence-corrected chi connectivity index (χ1v) is 8.91. The van der Waals surface area contributed by atoms with Crippen LogP contribution < -0.4 is 10.2 Å². The van der Waals surface area contributed by atoms with Crippen molar-refractivity contribution in [3.05, 3.63) is 29.8 Å². The minimum atomic E-state index is -0.514. The van der Waals surface area contributed by atoms with Crippen molar-refractivity contribution in [3.8, 4) is 0 Å². The van der Waals surface area contributed by atoms with Gasteiger partial charge in [-0.05, 0) is 37.0 Å². The van der Waals surface area contributed by atoms with Gasteiger partial charge in [0.15, 0.2) is 0 Å². The minimum absolute atomic E-state index is 0. The maximum Gasteiger partial charge on any atom is 0.239 e. The van der Waals surface area contributed by atoms with Crippen molar-refractivity contribution in [1.29, 1.82) is 0 Å². The van der Waals surface area contributed by atoms with Crippen molar-refractivity contribution in [2.45, 2.75) is 39.2 Å². The first kappa shape index (κ1) is 19.7. The third-order valence-corrected chi connectivity index (χ3v) is 5.06. The Morgan fingerprint density at radius 3 is 2.48 bits per heavy atom. The Labute approximate surface area is 156 Å². The molecular weight excluding hydrogens is 338 g/mol. The Hall–Kier alpha value is -1.59. The van der Waals surface area contributed by atoms with Gasteiger partial charge in [0, 0.05) is 37.9 Å². The third kappa shape index (κ3) is 4.15.